The van der Waals surface area contributed by atoms with Gasteiger partial charge in [0.1, 0.15) is 5.82 Å². The van der Waals surface area contributed by atoms with E-state index in [0.29, 0.717) is 6.04 Å². The van der Waals surface area contributed by atoms with E-state index in [2.05, 4.69) is 29.8 Å². The minimum atomic E-state index is 0.416. The number of nitrogens with zero attached hydrogens (tertiary/aromatic N) is 2. The van der Waals surface area contributed by atoms with E-state index in [1.54, 1.807) is 0 Å². The van der Waals surface area contributed by atoms with Crippen LogP contribution in [-0.2, 0) is 13.5 Å². The first-order chi connectivity index (χ1) is 8.75. The van der Waals surface area contributed by atoms with Crippen molar-refractivity contribution in [3.8, 4) is 0 Å². The molecule has 2 aromatic rings. The van der Waals surface area contributed by atoms with Crippen molar-refractivity contribution in [2.75, 3.05) is 0 Å². The average molecular weight is 243 g/mol. The molecule has 0 amide bonds. The molecule has 0 saturated heterocycles. The van der Waals surface area contributed by atoms with Crippen LogP contribution < -0.4 is 5.73 Å². The third-order valence-corrected chi connectivity index (χ3v) is 4.05. The average Bonchev–Trinajstić information content (AvgIpc) is 3.17. The van der Waals surface area contributed by atoms with E-state index >= 15 is 0 Å². The van der Waals surface area contributed by atoms with Gasteiger partial charge >= 0.3 is 0 Å². The monoisotopic (exact) mass is 243 g/mol. The Kier molecular flexibility index (Phi) is 3.08. The van der Waals surface area contributed by atoms with Crippen LogP contribution in [-0.4, -0.2) is 15.6 Å². The molecule has 1 aromatic heterocycles. The maximum Gasteiger partial charge on any atom is 0.109 e. The molecule has 1 aliphatic rings. The third kappa shape index (κ3) is 2.27. The lowest BCUT2D eigenvalue weighted by molar-refractivity contribution is 0.522. The molecule has 96 valence electrons. The molecule has 1 aliphatic carbocycles. The van der Waals surface area contributed by atoms with Crippen LogP contribution in [0.25, 0.3) is 11.0 Å². The Balaban J connectivity index is 1.65. The number of imidazole rings is 1. The van der Waals surface area contributed by atoms with E-state index in [4.69, 9.17) is 10.7 Å². The van der Waals surface area contributed by atoms with Gasteiger partial charge in [-0.2, -0.15) is 0 Å². The molecule has 2 N–H and O–H groups in total. The number of aromatic nitrogens is 2. The first kappa shape index (κ1) is 11.7. The van der Waals surface area contributed by atoms with Gasteiger partial charge in [0.25, 0.3) is 0 Å². The van der Waals surface area contributed by atoms with Crippen LogP contribution in [0.2, 0.25) is 0 Å². The van der Waals surface area contributed by atoms with Crippen LogP contribution in [0.1, 0.15) is 31.5 Å². The van der Waals surface area contributed by atoms with Crippen molar-refractivity contribution in [1.82, 2.24) is 9.55 Å². The second-order valence-corrected chi connectivity index (χ2v) is 5.47. The molecule has 1 aromatic carbocycles. The van der Waals surface area contributed by atoms with E-state index in [0.717, 1.165) is 30.7 Å². The van der Waals surface area contributed by atoms with Crippen molar-refractivity contribution < 1.29 is 0 Å². The Hall–Kier alpha value is -1.35. The number of benzene rings is 1. The Labute approximate surface area is 108 Å². The second kappa shape index (κ2) is 4.73. The lowest BCUT2D eigenvalue weighted by Crippen LogP contribution is -2.22. The van der Waals surface area contributed by atoms with Crippen molar-refractivity contribution in [3.63, 3.8) is 0 Å². The van der Waals surface area contributed by atoms with E-state index in [1.165, 1.54) is 24.2 Å². The maximum absolute atomic E-state index is 6.13. The summed E-state index contributed by atoms with van der Waals surface area (Å²) < 4.78 is 2.21. The smallest absolute Gasteiger partial charge is 0.109 e. The van der Waals surface area contributed by atoms with Crippen LogP contribution in [0, 0.1) is 5.92 Å². The predicted molar refractivity (Wildman–Crippen MR) is 74.4 cm³/mol. The predicted octanol–water partition coefficient (Wildman–Crippen LogP) is 2.63. The third-order valence-electron chi connectivity index (χ3n) is 4.05. The summed E-state index contributed by atoms with van der Waals surface area (Å²) in [7, 11) is 2.10. The van der Waals surface area contributed by atoms with Crippen molar-refractivity contribution in [1.29, 1.82) is 0 Å². The van der Waals surface area contributed by atoms with Crippen LogP contribution in [0.15, 0.2) is 24.3 Å². The minimum Gasteiger partial charge on any atom is -0.331 e. The molecule has 3 heteroatoms. The van der Waals surface area contributed by atoms with Gasteiger partial charge in [-0.25, -0.2) is 4.98 Å². The largest absolute Gasteiger partial charge is 0.331 e. The second-order valence-electron chi connectivity index (χ2n) is 5.47. The highest BCUT2D eigenvalue weighted by atomic mass is 15.1. The Bertz CT molecular complexity index is 540. The number of aryl methyl sites for hydroxylation is 2. The van der Waals surface area contributed by atoms with Crippen molar-refractivity contribution in [3.05, 3.63) is 30.1 Å². The number of hydrogen-bond acceptors (Lipinski definition) is 2. The van der Waals surface area contributed by atoms with E-state index in [-0.39, 0.29) is 0 Å². The van der Waals surface area contributed by atoms with E-state index in [1.807, 2.05) is 6.07 Å². The van der Waals surface area contributed by atoms with Gasteiger partial charge in [0.05, 0.1) is 11.0 Å². The normalized spacial score (nSPS) is 17.2. The van der Waals surface area contributed by atoms with Gasteiger partial charge in [-0.15, -0.1) is 0 Å². The lowest BCUT2D eigenvalue weighted by Gasteiger charge is -2.09. The van der Waals surface area contributed by atoms with Crippen molar-refractivity contribution >= 4 is 11.0 Å². The molecule has 0 spiro atoms. The molecule has 3 rings (SSSR count). The number of rotatable bonds is 5. The molecule has 1 atom stereocenters. The van der Waals surface area contributed by atoms with Crippen LogP contribution in [0.5, 0.6) is 0 Å². The first-order valence-electron chi connectivity index (χ1n) is 6.91. The summed E-state index contributed by atoms with van der Waals surface area (Å²) in [5.74, 6) is 1.99. The summed E-state index contributed by atoms with van der Waals surface area (Å²) in [6.45, 7) is 0. The maximum atomic E-state index is 6.13. The number of hydrogen-bond donors (Lipinski definition) is 1. The van der Waals surface area contributed by atoms with Crippen LogP contribution in [0.4, 0.5) is 0 Å². The van der Waals surface area contributed by atoms with E-state index < -0.39 is 0 Å². The van der Waals surface area contributed by atoms with Crippen LogP contribution in [0.3, 0.4) is 0 Å². The lowest BCUT2D eigenvalue weighted by atomic mass is 10.1. The Morgan fingerprint density at radius 3 is 2.89 bits per heavy atom. The molecule has 1 unspecified atom stereocenters. The van der Waals surface area contributed by atoms with Gasteiger partial charge in [0.15, 0.2) is 0 Å². The van der Waals surface area contributed by atoms with Gasteiger partial charge < -0.3 is 10.3 Å². The molecular formula is C15H21N3. The standard InChI is InChI=1S/C15H21N3/c1-18-14-7-3-2-6-13(14)17-15(18)8-4-5-12(16)11-9-10-11/h2-3,6-7,11-12H,4-5,8-10,16H2,1H3. The number of fused-ring (bicyclic) bond motifs is 1. The molecule has 1 fully saturated rings. The zero-order valence-corrected chi connectivity index (χ0v) is 11.0. The molecule has 1 saturated carbocycles. The molecule has 18 heavy (non-hydrogen) atoms. The highest BCUT2D eigenvalue weighted by Gasteiger charge is 2.27. The van der Waals surface area contributed by atoms with Gasteiger partial charge in [0, 0.05) is 19.5 Å². The summed E-state index contributed by atoms with van der Waals surface area (Å²) in [5.41, 5.74) is 8.45. The summed E-state index contributed by atoms with van der Waals surface area (Å²) in [6.07, 6.45) is 6.00. The number of nitrogens with two attached hydrogens (primary N) is 1. The number of para-hydroxylation sites is 2. The minimum absolute atomic E-state index is 0.416. The summed E-state index contributed by atoms with van der Waals surface area (Å²) in [6, 6.07) is 8.73. The van der Waals surface area contributed by atoms with Gasteiger partial charge in [-0.3, -0.25) is 0 Å². The van der Waals surface area contributed by atoms with Gasteiger partial charge in [-0.1, -0.05) is 12.1 Å². The SMILES string of the molecule is Cn1c(CCCC(N)C2CC2)nc2ccccc21. The van der Waals surface area contributed by atoms with Gasteiger partial charge in [-0.05, 0) is 43.7 Å². The molecule has 0 bridgehead atoms. The highest BCUT2D eigenvalue weighted by molar-refractivity contribution is 5.75. The van der Waals surface area contributed by atoms with Crippen molar-refractivity contribution in [2.24, 2.45) is 18.7 Å². The molecule has 0 radical (unpaired) electrons. The summed E-state index contributed by atoms with van der Waals surface area (Å²) in [4.78, 5) is 4.69. The molecule has 1 heterocycles. The van der Waals surface area contributed by atoms with Crippen molar-refractivity contribution in [2.45, 2.75) is 38.1 Å². The Morgan fingerprint density at radius 2 is 2.17 bits per heavy atom. The topological polar surface area (TPSA) is 43.8 Å². The quantitative estimate of drug-likeness (QED) is 0.877. The zero-order valence-electron chi connectivity index (χ0n) is 11.0. The molecule has 0 aliphatic heterocycles. The van der Waals surface area contributed by atoms with Crippen LogP contribution >= 0.6 is 0 Å². The highest BCUT2D eigenvalue weighted by Crippen LogP contribution is 2.33. The fraction of sp³-hybridized carbons (Fsp3) is 0.533. The first-order valence-corrected chi connectivity index (χ1v) is 6.91. The van der Waals surface area contributed by atoms with Gasteiger partial charge in [0.2, 0.25) is 0 Å². The summed E-state index contributed by atoms with van der Waals surface area (Å²) >= 11 is 0. The molecule has 3 nitrogen and oxygen atoms in total. The van der Waals surface area contributed by atoms with E-state index in [9.17, 15) is 0 Å². The zero-order chi connectivity index (χ0) is 12.5. The Morgan fingerprint density at radius 1 is 1.39 bits per heavy atom. The molecular weight excluding hydrogens is 222 g/mol. The fourth-order valence-corrected chi connectivity index (χ4v) is 2.67. The summed E-state index contributed by atoms with van der Waals surface area (Å²) in [5, 5.41) is 0. The fourth-order valence-electron chi connectivity index (χ4n) is 2.67.